The number of pyridine rings is 1. The van der Waals surface area contributed by atoms with Crippen LogP contribution in [0.4, 0.5) is 0 Å². The Hall–Kier alpha value is -2.20. The quantitative estimate of drug-likeness (QED) is 0.758. The second kappa shape index (κ2) is 4.58. The van der Waals surface area contributed by atoms with E-state index in [4.69, 9.17) is 5.73 Å². The van der Waals surface area contributed by atoms with Crippen molar-refractivity contribution in [3.8, 4) is 5.82 Å². The van der Waals surface area contributed by atoms with Crippen molar-refractivity contribution in [1.82, 2.24) is 14.5 Å². The van der Waals surface area contributed by atoms with Crippen molar-refractivity contribution in [2.75, 3.05) is 6.54 Å². The second-order valence-electron chi connectivity index (χ2n) is 4.11. The molecule has 4 heteroatoms. The van der Waals surface area contributed by atoms with Crippen LogP contribution in [0.15, 0.2) is 48.9 Å². The van der Waals surface area contributed by atoms with Gasteiger partial charge in [-0.3, -0.25) is 4.57 Å². The van der Waals surface area contributed by atoms with E-state index < -0.39 is 0 Å². The highest BCUT2D eigenvalue weighted by molar-refractivity contribution is 5.88. The van der Waals surface area contributed by atoms with Crippen molar-refractivity contribution in [2.24, 2.45) is 5.73 Å². The lowest BCUT2D eigenvalue weighted by Crippen LogP contribution is -2.09. The van der Waals surface area contributed by atoms with Gasteiger partial charge in [0.2, 0.25) is 0 Å². The SMILES string of the molecule is NCCc1nccn1-c1nccc2ccccc12. The highest BCUT2D eigenvalue weighted by Gasteiger charge is 2.08. The van der Waals surface area contributed by atoms with Gasteiger partial charge in [-0.2, -0.15) is 0 Å². The number of hydrogen-bond donors (Lipinski definition) is 1. The molecule has 0 unspecified atom stereocenters. The third-order valence-corrected chi connectivity index (χ3v) is 2.97. The number of aromatic nitrogens is 3. The monoisotopic (exact) mass is 238 g/mol. The van der Waals surface area contributed by atoms with Crippen LogP contribution in [0.5, 0.6) is 0 Å². The molecule has 2 heterocycles. The Bertz CT molecular complexity index is 667. The molecule has 3 rings (SSSR count). The number of hydrogen-bond acceptors (Lipinski definition) is 3. The third kappa shape index (κ3) is 1.76. The maximum Gasteiger partial charge on any atom is 0.145 e. The molecular weight excluding hydrogens is 224 g/mol. The minimum absolute atomic E-state index is 0.585. The van der Waals surface area contributed by atoms with Gasteiger partial charge in [0.05, 0.1) is 0 Å². The van der Waals surface area contributed by atoms with Gasteiger partial charge in [0.1, 0.15) is 11.6 Å². The first kappa shape index (κ1) is 10.9. The van der Waals surface area contributed by atoms with Crippen LogP contribution in [0.1, 0.15) is 5.82 Å². The van der Waals surface area contributed by atoms with Crippen molar-refractivity contribution in [3.05, 3.63) is 54.7 Å². The molecule has 2 N–H and O–H groups in total. The molecular formula is C14H14N4. The molecule has 0 saturated carbocycles. The van der Waals surface area contributed by atoms with Crippen molar-refractivity contribution >= 4 is 10.8 Å². The maximum absolute atomic E-state index is 5.61. The minimum Gasteiger partial charge on any atom is -0.330 e. The van der Waals surface area contributed by atoms with Gasteiger partial charge in [-0.1, -0.05) is 24.3 Å². The molecule has 0 radical (unpaired) electrons. The third-order valence-electron chi connectivity index (χ3n) is 2.97. The van der Waals surface area contributed by atoms with E-state index in [9.17, 15) is 0 Å². The zero-order valence-electron chi connectivity index (χ0n) is 9.95. The lowest BCUT2D eigenvalue weighted by atomic mass is 10.1. The Labute approximate surface area is 105 Å². The van der Waals surface area contributed by atoms with Gasteiger partial charge < -0.3 is 5.73 Å². The molecule has 0 bridgehead atoms. The number of nitrogens with two attached hydrogens (primary N) is 1. The van der Waals surface area contributed by atoms with Crippen LogP contribution in [0.3, 0.4) is 0 Å². The summed E-state index contributed by atoms with van der Waals surface area (Å²) in [5.41, 5.74) is 5.61. The average molecular weight is 238 g/mol. The summed E-state index contributed by atoms with van der Waals surface area (Å²) in [7, 11) is 0. The fourth-order valence-corrected chi connectivity index (χ4v) is 2.14. The topological polar surface area (TPSA) is 56.7 Å². The summed E-state index contributed by atoms with van der Waals surface area (Å²) in [6.07, 6.45) is 6.29. The first-order valence-corrected chi connectivity index (χ1v) is 5.96. The summed E-state index contributed by atoms with van der Waals surface area (Å²) in [5.74, 6) is 1.86. The lowest BCUT2D eigenvalue weighted by Gasteiger charge is -2.09. The minimum atomic E-state index is 0.585. The summed E-state index contributed by atoms with van der Waals surface area (Å²) in [6.45, 7) is 0.585. The van der Waals surface area contributed by atoms with Gasteiger partial charge in [-0.05, 0) is 18.0 Å². The van der Waals surface area contributed by atoms with Crippen LogP contribution in [0.25, 0.3) is 16.6 Å². The summed E-state index contributed by atoms with van der Waals surface area (Å²) in [4.78, 5) is 8.81. The van der Waals surface area contributed by atoms with Crippen molar-refractivity contribution < 1.29 is 0 Å². The fourth-order valence-electron chi connectivity index (χ4n) is 2.14. The van der Waals surface area contributed by atoms with E-state index in [1.54, 1.807) is 6.20 Å². The molecule has 0 saturated heterocycles. The van der Waals surface area contributed by atoms with Crippen molar-refractivity contribution in [1.29, 1.82) is 0 Å². The number of nitrogens with zero attached hydrogens (tertiary/aromatic N) is 3. The molecule has 2 aromatic heterocycles. The van der Waals surface area contributed by atoms with E-state index >= 15 is 0 Å². The molecule has 0 aliphatic carbocycles. The van der Waals surface area contributed by atoms with Gasteiger partial charge in [0.15, 0.2) is 0 Å². The first-order valence-electron chi connectivity index (χ1n) is 5.96. The van der Waals surface area contributed by atoms with Crippen LogP contribution in [0.2, 0.25) is 0 Å². The van der Waals surface area contributed by atoms with E-state index in [-0.39, 0.29) is 0 Å². The van der Waals surface area contributed by atoms with Gasteiger partial charge >= 0.3 is 0 Å². The molecule has 4 nitrogen and oxygen atoms in total. The molecule has 3 aromatic rings. The van der Waals surface area contributed by atoms with Crippen molar-refractivity contribution in [2.45, 2.75) is 6.42 Å². The smallest absolute Gasteiger partial charge is 0.145 e. The van der Waals surface area contributed by atoms with Crippen molar-refractivity contribution in [3.63, 3.8) is 0 Å². The average Bonchev–Trinajstić information content (AvgIpc) is 2.87. The Morgan fingerprint density at radius 1 is 1.06 bits per heavy atom. The lowest BCUT2D eigenvalue weighted by molar-refractivity contribution is 0.827. The van der Waals surface area contributed by atoms with Crippen LogP contribution in [-0.4, -0.2) is 21.1 Å². The van der Waals surface area contributed by atoms with E-state index in [0.717, 1.165) is 23.4 Å². The van der Waals surface area contributed by atoms with Gasteiger partial charge in [-0.25, -0.2) is 9.97 Å². The predicted molar refractivity (Wildman–Crippen MR) is 71.6 cm³/mol. The number of benzene rings is 1. The first-order chi connectivity index (χ1) is 8.90. The molecule has 0 spiro atoms. The van der Waals surface area contributed by atoms with E-state index in [1.165, 1.54) is 5.39 Å². The highest BCUT2D eigenvalue weighted by Crippen LogP contribution is 2.20. The standard InChI is InChI=1S/C14H14N4/c15-7-5-13-16-9-10-18(13)14-12-4-2-1-3-11(12)6-8-17-14/h1-4,6,8-10H,5,7,15H2. The van der Waals surface area contributed by atoms with Crippen LogP contribution in [0, 0.1) is 0 Å². The van der Waals surface area contributed by atoms with E-state index in [2.05, 4.69) is 22.1 Å². The zero-order chi connectivity index (χ0) is 12.4. The Morgan fingerprint density at radius 2 is 1.94 bits per heavy atom. The molecule has 18 heavy (non-hydrogen) atoms. The molecule has 0 aliphatic rings. The molecule has 0 amide bonds. The molecule has 0 fully saturated rings. The maximum atomic E-state index is 5.61. The fraction of sp³-hybridized carbons (Fsp3) is 0.143. The van der Waals surface area contributed by atoms with Crippen LogP contribution >= 0.6 is 0 Å². The van der Waals surface area contributed by atoms with Gasteiger partial charge in [0.25, 0.3) is 0 Å². The summed E-state index contributed by atoms with van der Waals surface area (Å²) < 4.78 is 2.01. The molecule has 0 atom stereocenters. The summed E-state index contributed by atoms with van der Waals surface area (Å²) >= 11 is 0. The van der Waals surface area contributed by atoms with Crippen LogP contribution < -0.4 is 5.73 Å². The largest absolute Gasteiger partial charge is 0.330 e. The Balaban J connectivity index is 2.22. The Morgan fingerprint density at radius 3 is 2.83 bits per heavy atom. The van der Waals surface area contributed by atoms with Gasteiger partial charge in [0, 0.05) is 30.4 Å². The van der Waals surface area contributed by atoms with Crippen LogP contribution in [-0.2, 0) is 6.42 Å². The summed E-state index contributed by atoms with van der Waals surface area (Å²) in [5, 5.41) is 2.30. The highest BCUT2D eigenvalue weighted by atomic mass is 15.1. The molecule has 90 valence electrons. The molecule has 1 aromatic carbocycles. The van der Waals surface area contributed by atoms with E-state index in [0.29, 0.717) is 6.54 Å². The van der Waals surface area contributed by atoms with E-state index in [1.807, 2.05) is 35.2 Å². The zero-order valence-corrected chi connectivity index (χ0v) is 9.95. The summed E-state index contributed by atoms with van der Waals surface area (Å²) in [6, 6.07) is 10.2. The Kier molecular flexibility index (Phi) is 2.78. The normalized spacial score (nSPS) is 10.9. The number of fused-ring (bicyclic) bond motifs is 1. The predicted octanol–water partition coefficient (Wildman–Crippen LogP) is 1.92. The number of imidazole rings is 1. The second-order valence-corrected chi connectivity index (χ2v) is 4.11. The number of rotatable bonds is 3. The van der Waals surface area contributed by atoms with Gasteiger partial charge in [-0.15, -0.1) is 0 Å². The molecule has 0 aliphatic heterocycles.